The van der Waals surface area contributed by atoms with Crippen LogP contribution in [0.3, 0.4) is 0 Å². The standard InChI is InChI=1S/C16H15BrClN3/c1-10-8-13-16(19-9-10)21(15(20-13)6-7-18)14-5-3-4-12(17)11(14)2/h3-5,8-9H,6-7H2,1-2H3. The van der Waals surface area contributed by atoms with Crippen LogP contribution in [-0.2, 0) is 6.42 Å². The quantitative estimate of drug-likeness (QED) is 0.637. The van der Waals surface area contributed by atoms with E-state index in [9.17, 15) is 0 Å². The van der Waals surface area contributed by atoms with Crippen molar-refractivity contribution in [3.8, 4) is 5.69 Å². The van der Waals surface area contributed by atoms with Gasteiger partial charge in [0.1, 0.15) is 11.3 Å². The molecule has 0 aliphatic heterocycles. The third-order valence-corrected chi connectivity index (χ3v) is 4.55. The summed E-state index contributed by atoms with van der Waals surface area (Å²) in [5, 5.41) is 0. The molecule has 0 atom stereocenters. The maximum Gasteiger partial charge on any atom is 0.164 e. The molecule has 5 heteroatoms. The fraction of sp³-hybridized carbons (Fsp3) is 0.250. The molecule has 2 aromatic heterocycles. The van der Waals surface area contributed by atoms with Gasteiger partial charge in [-0.3, -0.25) is 4.57 Å². The Bertz CT molecular complexity index is 811. The predicted molar refractivity (Wildman–Crippen MR) is 90.5 cm³/mol. The van der Waals surface area contributed by atoms with Gasteiger partial charge in [0.2, 0.25) is 0 Å². The third-order valence-electron chi connectivity index (χ3n) is 3.50. The number of aromatic nitrogens is 3. The first-order valence-electron chi connectivity index (χ1n) is 6.77. The van der Waals surface area contributed by atoms with Crippen LogP contribution in [0.1, 0.15) is 17.0 Å². The van der Waals surface area contributed by atoms with Crippen molar-refractivity contribution in [3.05, 3.63) is 51.9 Å². The summed E-state index contributed by atoms with van der Waals surface area (Å²) in [5.41, 5.74) is 5.14. The minimum Gasteiger partial charge on any atom is -0.280 e. The molecular formula is C16H15BrClN3. The van der Waals surface area contributed by atoms with Crippen LogP contribution >= 0.6 is 27.5 Å². The monoisotopic (exact) mass is 363 g/mol. The normalized spacial score (nSPS) is 11.2. The van der Waals surface area contributed by atoms with Gasteiger partial charge in [0, 0.05) is 23.0 Å². The molecule has 108 valence electrons. The molecule has 0 aliphatic carbocycles. The molecule has 0 spiro atoms. The van der Waals surface area contributed by atoms with Crippen LogP contribution < -0.4 is 0 Å². The van der Waals surface area contributed by atoms with Crippen molar-refractivity contribution >= 4 is 38.7 Å². The maximum atomic E-state index is 5.94. The van der Waals surface area contributed by atoms with Gasteiger partial charge in [-0.25, -0.2) is 9.97 Å². The molecule has 0 radical (unpaired) electrons. The highest BCUT2D eigenvalue weighted by Gasteiger charge is 2.15. The topological polar surface area (TPSA) is 30.7 Å². The fourth-order valence-electron chi connectivity index (χ4n) is 2.46. The molecule has 0 saturated heterocycles. The molecule has 0 amide bonds. The van der Waals surface area contributed by atoms with E-state index in [-0.39, 0.29) is 0 Å². The van der Waals surface area contributed by atoms with Crippen LogP contribution in [0.2, 0.25) is 0 Å². The highest BCUT2D eigenvalue weighted by molar-refractivity contribution is 9.10. The number of alkyl halides is 1. The lowest BCUT2D eigenvalue weighted by atomic mass is 10.2. The van der Waals surface area contributed by atoms with Gasteiger partial charge >= 0.3 is 0 Å². The Balaban J connectivity index is 2.33. The first kappa shape index (κ1) is 14.5. The number of fused-ring (bicyclic) bond motifs is 1. The number of pyridine rings is 1. The molecule has 0 N–H and O–H groups in total. The first-order chi connectivity index (χ1) is 10.1. The number of hydrogen-bond donors (Lipinski definition) is 0. The molecule has 0 fully saturated rings. The second-order valence-electron chi connectivity index (χ2n) is 5.04. The summed E-state index contributed by atoms with van der Waals surface area (Å²) >= 11 is 9.53. The molecule has 0 aliphatic rings. The fourth-order valence-corrected chi connectivity index (χ4v) is 2.98. The number of rotatable bonds is 3. The Labute approximate surface area is 137 Å². The lowest BCUT2D eigenvalue weighted by Gasteiger charge is -2.12. The number of hydrogen-bond acceptors (Lipinski definition) is 2. The summed E-state index contributed by atoms with van der Waals surface area (Å²) < 4.78 is 3.18. The van der Waals surface area contributed by atoms with E-state index >= 15 is 0 Å². The van der Waals surface area contributed by atoms with Crippen LogP contribution in [-0.4, -0.2) is 20.4 Å². The molecule has 1 aromatic carbocycles. The van der Waals surface area contributed by atoms with E-state index in [1.807, 2.05) is 25.3 Å². The van der Waals surface area contributed by atoms with Crippen molar-refractivity contribution in [2.24, 2.45) is 0 Å². The zero-order valence-corrected chi connectivity index (χ0v) is 14.2. The summed E-state index contributed by atoms with van der Waals surface area (Å²) in [4.78, 5) is 9.28. The highest BCUT2D eigenvalue weighted by atomic mass is 79.9. The van der Waals surface area contributed by atoms with Gasteiger partial charge in [-0.15, -0.1) is 11.6 Å². The SMILES string of the molecule is Cc1cnc2c(c1)nc(CCCl)n2-c1cccc(Br)c1C. The average Bonchev–Trinajstić information content (AvgIpc) is 2.79. The molecule has 2 heterocycles. The van der Waals surface area contributed by atoms with E-state index in [0.717, 1.165) is 38.3 Å². The Morgan fingerprint density at radius 2 is 2.10 bits per heavy atom. The van der Waals surface area contributed by atoms with E-state index < -0.39 is 0 Å². The summed E-state index contributed by atoms with van der Waals surface area (Å²) in [6.45, 7) is 4.11. The minimum atomic E-state index is 0.537. The van der Waals surface area contributed by atoms with Gasteiger partial charge in [-0.2, -0.15) is 0 Å². The second kappa shape index (κ2) is 5.78. The molecule has 3 aromatic rings. The first-order valence-corrected chi connectivity index (χ1v) is 8.10. The van der Waals surface area contributed by atoms with Gasteiger partial charge in [-0.1, -0.05) is 22.0 Å². The Morgan fingerprint density at radius 3 is 2.86 bits per heavy atom. The molecule has 3 nitrogen and oxygen atoms in total. The van der Waals surface area contributed by atoms with Crippen LogP contribution in [0.5, 0.6) is 0 Å². The largest absolute Gasteiger partial charge is 0.280 e. The molecule has 0 bridgehead atoms. The van der Waals surface area contributed by atoms with E-state index in [1.54, 1.807) is 0 Å². The summed E-state index contributed by atoms with van der Waals surface area (Å²) in [7, 11) is 0. The van der Waals surface area contributed by atoms with E-state index in [1.165, 1.54) is 0 Å². The number of benzene rings is 1. The lowest BCUT2D eigenvalue weighted by Crippen LogP contribution is -2.05. The Hall–Kier alpha value is -1.39. The number of aryl methyl sites for hydroxylation is 2. The number of nitrogens with zero attached hydrogens (tertiary/aromatic N) is 3. The molecule has 21 heavy (non-hydrogen) atoms. The lowest BCUT2D eigenvalue weighted by molar-refractivity contribution is 0.899. The van der Waals surface area contributed by atoms with Gasteiger partial charge < -0.3 is 0 Å². The number of imidazole rings is 1. The average molecular weight is 365 g/mol. The number of halogens is 2. The highest BCUT2D eigenvalue weighted by Crippen LogP contribution is 2.27. The van der Waals surface area contributed by atoms with Gasteiger partial charge in [-0.05, 0) is 43.2 Å². The van der Waals surface area contributed by atoms with Crippen molar-refractivity contribution < 1.29 is 0 Å². The molecule has 0 saturated carbocycles. The summed E-state index contributed by atoms with van der Waals surface area (Å²) in [6, 6.07) is 8.21. The maximum absolute atomic E-state index is 5.94. The van der Waals surface area contributed by atoms with Crippen LogP contribution in [0.4, 0.5) is 0 Å². The van der Waals surface area contributed by atoms with E-state index in [4.69, 9.17) is 16.6 Å². The van der Waals surface area contributed by atoms with E-state index in [2.05, 4.69) is 44.5 Å². The van der Waals surface area contributed by atoms with Gasteiger partial charge in [0.15, 0.2) is 5.65 Å². The van der Waals surface area contributed by atoms with Crippen molar-refractivity contribution in [2.45, 2.75) is 20.3 Å². The van der Waals surface area contributed by atoms with Crippen molar-refractivity contribution in [3.63, 3.8) is 0 Å². The second-order valence-corrected chi connectivity index (χ2v) is 6.27. The smallest absolute Gasteiger partial charge is 0.164 e. The van der Waals surface area contributed by atoms with Crippen molar-refractivity contribution in [1.29, 1.82) is 0 Å². The minimum absolute atomic E-state index is 0.537. The van der Waals surface area contributed by atoms with Crippen LogP contribution in [0, 0.1) is 13.8 Å². The third kappa shape index (κ3) is 2.58. The van der Waals surface area contributed by atoms with Crippen LogP contribution in [0.25, 0.3) is 16.9 Å². The van der Waals surface area contributed by atoms with Gasteiger partial charge in [0.25, 0.3) is 0 Å². The van der Waals surface area contributed by atoms with E-state index in [0.29, 0.717) is 12.3 Å². The molecular weight excluding hydrogens is 350 g/mol. The van der Waals surface area contributed by atoms with Gasteiger partial charge in [0.05, 0.1) is 5.69 Å². The zero-order valence-electron chi connectivity index (χ0n) is 11.9. The van der Waals surface area contributed by atoms with Crippen molar-refractivity contribution in [2.75, 3.05) is 5.88 Å². The van der Waals surface area contributed by atoms with Crippen molar-refractivity contribution in [1.82, 2.24) is 14.5 Å². The summed E-state index contributed by atoms with van der Waals surface area (Å²) in [6.07, 6.45) is 2.58. The Morgan fingerprint density at radius 1 is 1.29 bits per heavy atom. The van der Waals surface area contributed by atoms with Crippen LogP contribution in [0.15, 0.2) is 34.9 Å². The summed E-state index contributed by atoms with van der Waals surface area (Å²) in [5.74, 6) is 1.48. The molecule has 3 rings (SSSR count). The predicted octanol–water partition coefficient (Wildman–Crippen LogP) is 4.58. The Kier molecular flexibility index (Phi) is 4.00. The molecule has 0 unspecified atom stereocenters. The zero-order chi connectivity index (χ0) is 15.0.